The van der Waals surface area contributed by atoms with Crippen LogP contribution in [0.25, 0.3) is 5.69 Å². The Morgan fingerprint density at radius 1 is 1.31 bits per heavy atom. The zero-order valence-electron chi connectivity index (χ0n) is 15.7. The summed E-state index contributed by atoms with van der Waals surface area (Å²) in [6.07, 6.45) is 2.11. The van der Waals surface area contributed by atoms with Crippen molar-refractivity contribution < 1.29 is 24.1 Å². The van der Waals surface area contributed by atoms with Crippen LogP contribution in [0.3, 0.4) is 0 Å². The molecule has 13 heteroatoms. The van der Waals surface area contributed by atoms with Gasteiger partial charge < -0.3 is 14.8 Å². The summed E-state index contributed by atoms with van der Waals surface area (Å²) in [6.45, 7) is 2.35. The zero-order valence-corrected chi connectivity index (χ0v) is 15.7. The summed E-state index contributed by atoms with van der Waals surface area (Å²) in [6, 6.07) is 2.94. The van der Waals surface area contributed by atoms with E-state index in [1.807, 2.05) is 0 Å². The molecule has 2 aromatic rings. The number of halogens is 1. The summed E-state index contributed by atoms with van der Waals surface area (Å²) in [5.74, 6) is -0.302. The topological polar surface area (TPSA) is 140 Å². The van der Waals surface area contributed by atoms with E-state index in [0.29, 0.717) is 51.4 Å². The van der Waals surface area contributed by atoms with E-state index in [-0.39, 0.29) is 23.7 Å². The summed E-state index contributed by atoms with van der Waals surface area (Å²) in [4.78, 5) is 12.6. The van der Waals surface area contributed by atoms with Gasteiger partial charge in [-0.3, -0.25) is 15.0 Å². The van der Waals surface area contributed by atoms with Crippen LogP contribution in [0, 0.1) is 15.9 Å². The van der Waals surface area contributed by atoms with Crippen LogP contribution in [0.5, 0.6) is 0 Å². The van der Waals surface area contributed by atoms with Crippen LogP contribution < -0.4 is 0 Å². The molecule has 11 nitrogen and oxygen atoms in total. The maximum absolute atomic E-state index is 14.4. The molecule has 1 unspecified atom stereocenters. The molecule has 0 radical (unpaired) electrons. The Morgan fingerprint density at radius 2 is 2.07 bits per heavy atom. The molecular formula is C16H22BFN6O5. The minimum Gasteiger partial charge on any atom is -0.427 e. The second-order valence-electron chi connectivity index (χ2n) is 6.77. The predicted molar refractivity (Wildman–Crippen MR) is 99.7 cm³/mol. The standard InChI is InChI=1S/C16H22BFN6O5/c18-13-5-4-12(24(27)28)11-15(13)23-16(19-20-21-23)14(3-1-2-6-17(25)26)22-7-9-29-10-8-22/h4-5,11,14,25-26H,1-3,6-10H2. The van der Waals surface area contributed by atoms with Crippen LogP contribution in [0.1, 0.15) is 31.1 Å². The molecule has 1 aromatic heterocycles. The minimum atomic E-state index is -1.36. The van der Waals surface area contributed by atoms with Gasteiger partial charge in [0.05, 0.1) is 24.2 Å². The van der Waals surface area contributed by atoms with E-state index in [1.54, 1.807) is 0 Å². The number of nitro groups is 1. The summed E-state index contributed by atoms with van der Waals surface area (Å²) in [7, 11) is -1.36. The first-order valence-electron chi connectivity index (χ1n) is 9.38. The van der Waals surface area contributed by atoms with E-state index in [4.69, 9.17) is 14.8 Å². The fourth-order valence-corrected chi connectivity index (χ4v) is 3.38. The zero-order chi connectivity index (χ0) is 20.8. The largest absolute Gasteiger partial charge is 0.451 e. The van der Waals surface area contributed by atoms with Gasteiger partial charge >= 0.3 is 7.12 Å². The quantitative estimate of drug-likeness (QED) is 0.266. The van der Waals surface area contributed by atoms with Gasteiger partial charge in [0.2, 0.25) is 0 Å². The smallest absolute Gasteiger partial charge is 0.427 e. The third-order valence-corrected chi connectivity index (χ3v) is 4.84. The monoisotopic (exact) mass is 408 g/mol. The fourth-order valence-electron chi connectivity index (χ4n) is 3.38. The van der Waals surface area contributed by atoms with Crippen molar-refractivity contribution in [3.8, 4) is 5.69 Å². The van der Waals surface area contributed by atoms with Gasteiger partial charge in [-0.15, -0.1) is 5.10 Å². The molecule has 156 valence electrons. The van der Waals surface area contributed by atoms with Gasteiger partial charge in [-0.25, -0.2) is 4.39 Å². The highest BCUT2D eigenvalue weighted by Crippen LogP contribution is 2.29. The molecule has 0 amide bonds. The Kier molecular flexibility index (Phi) is 7.20. The number of rotatable bonds is 9. The summed E-state index contributed by atoms with van der Waals surface area (Å²) in [5.41, 5.74) is -0.356. The second kappa shape index (κ2) is 9.83. The number of nitrogens with zero attached hydrogens (tertiary/aromatic N) is 6. The van der Waals surface area contributed by atoms with Gasteiger partial charge in [0.25, 0.3) is 5.69 Å². The number of tetrazole rings is 1. The number of unbranched alkanes of at least 4 members (excludes halogenated alkanes) is 1. The van der Waals surface area contributed by atoms with Crippen LogP contribution in [0.2, 0.25) is 6.32 Å². The van der Waals surface area contributed by atoms with Crippen molar-refractivity contribution in [2.45, 2.75) is 31.6 Å². The number of benzene rings is 1. The number of aromatic nitrogens is 4. The van der Waals surface area contributed by atoms with Crippen LogP contribution >= 0.6 is 0 Å². The lowest BCUT2D eigenvalue weighted by Crippen LogP contribution is -2.40. The van der Waals surface area contributed by atoms with Gasteiger partial charge in [-0.1, -0.05) is 12.8 Å². The number of ether oxygens (including phenoxy) is 1. The fraction of sp³-hybridized carbons (Fsp3) is 0.562. The highest BCUT2D eigenvalue weighted by Gasteiger charge is 2.29. The average molecular weight is 408 g/mol. The van der Waals surface area contributed by atoms with Crippen molar-refractivity contribution in [1.29, 1.82) is 0 Å². The van der Waals surface area contributed by atoms with E-state index in [0.717, 1.165) is 18.2 Å². The van der Waals surface area contributed by atoms with Crippen LogP contribution in [0.4, 0.5) is 10.1 Å². The van der Waals surface area contributed by atoms with E-state index < -0.39 is 17.9 Å². The lowest BCUT2D eigenvalue weighted by molar-refractivity contribution is -0.384. The van der Waals surface area contributed by atoms with Crippen LogP contribution in [-0.4, -0.2) is 73.5 Å². The normalized spacial score (nSPS) is 16.0. The highest BCUT2D eigenvalue weighted by molar-refractivity contribution is 6.40. The molecule has 2 heterocycles. The van der Waals surface area contributed by atoms with Crippen molar-refractivity contribution in [2.75, 3.05) is 26.3 Å². The Balaban J connectivity index is 1.90. The van der Waals surface area contributed by atoms with E-state index in [2.05, 4.69) is 20.4 Å². The molecule has 29 heavy (non-hydrogen) atoms. The van der Waals surface area contributed by atoms with E-state index >= 15 is 0 Å². The summed E-state index contributed by atoms with van der Waals surface area (Å²) >= 11 is 0. The Labute approximate surface area is 166 Å². The number of nitro benzene ring substituents is 1. The van der Waals surface area contributed by atoms with Crippen LogP contribution in [0.15, 0.2) is 18.2 Å². The number of hydrogen-bond donors (Lipinski definition) is 2. The SMILES string of the molecule is O=[N+]([O-])c1ccc(F)c(-n2nnnc2C(CCCCB(O)O)N2CCOCC2)c1. The number of morpholine rings is 1. The Hall–Kier alpha value is -2.48. The maximum atomic E-state index is 14.4. The molecule has 0 spiro atoms. The number of hydrogen-bond acceptors (Lipinski definition) is 9. The molecule has 1 aliphatic heterocycles. The Bertz CT molecular complexity index is 832. The summed E-state index contributed by atoms with van der Waals surface area (Å²) in [5, 5.41) is 40.8. The molecule has 0 aliphatic carbocycles. The van der Waals surface area contributed by atoms with Crippen molar-refractivity contribution in [3.63, 3.8) is 0 Å². The molecule has 1 saturated heterocycles. The van der Waals surface area contributed by atoms with Gasteiger partial charge in [-0.05, 0) is 29.2 Å². The molecular weight excluding hydrogens is 386 g/mol. The molecule has 0 bridgehead atoms. The lowest BCUT2D eigenvalue weighted by Gasteiger charge is -2.33. The van der Waals surface area contributed by atoms with E-state index in [9.17, 15) is 14.5 Å². The third kappa shape index (κ3) is 5.32. The van der Waals surface area contributed by atoms with E-state index in [1.165, 1.54) is 4.68 Å². The molecule has 1 fully saturated rings. The summed E-state index contributed by atoms with van der Waals surface area (Å²) < 4.78 is 21.0. The average Bonchev–Trinajstić information content (AvgIpc) is 3.17. The molecule has 3 rings (SSSR count). The maximum Gasteiger partial charge on any atom is 0.451 e. The lowest BCUT2D eigenvalue weighted by atomic mass is 9.83. The molecule has 0 saturated carbocycles. The number of non-ortho nitro benzene ring substituents is 1. The molecule has 2 N–H and O–H groups in total. The van der Waals surface area contributed by atoms with Crippen LogP contribution in [-0.2, 0) is 4.74 Å². The molecule has 1 atom stereocenters. The predicted octanol–water partition coefficient (Wildman–Crippen LogP) is 0.726. The third-order valence-electron chi connectivity index (χ3n) is 4.84. The van der Waals surface area contributed by atoms with Gasteiger partial charge in [0.1, 0.15) is 11.5 Å². The minimum absolute atomic E-state index is 0.0942. The van der Waals surface area contributed by atoms with Crippen molar-refractivity contribution in [1.82, 2.24) is 25.1 Å². The second-order valence-corrected chi connectivity index (χ2v) is 6.77. The van der Waals surface area contributed by atoms with Crippen molar-refractivity contribution >= 4 is 12.8 Å². The van der Waals surface area contributed by atoms with Gasteiger partial charge in [0.15, 0.2) is 5.82 Å². The first-order chi connectivity index (χ1) is 14.0. The Morgan fingerprint density at radius 3 is 2.76 bits per heavy atom. The molecule has 1 aromatic carbocycles. The molecule has 1 aliphatic rings. The van der Waals surface area contributed by atoms with Gasteiger partial charge in [0, 0.05) is 25.2 Å². The highest BCUT2D eigenvalue weighted by atomic mass is 19.1. The first-order valence-corrected chi connectivity index (χ1v) is 9.38. The van der Waals surface area contributed by atoms with Crippen molar-refractivity contribution in [2.24, 2.45) is 0 Å². The van der Waals surface area contributed by atoms with Crippen molar-refractivity contribution in [3.05, 3.63) is 40.0 Å². The van der Waals surface area contributed by atoms with Gasteiger partial charge in [-0.2, -0.15) is 4.68 Å². The first kappa shape index (κ1) is 21.2.